The van der Waals surface area contributed by atoms with Crippen LogP contribution in [0.1, 0.15) is 53.9 Å². The molecule has 0 heterocycles. The highest BCUT2D eigenvalue weighted by Gasteiger charge is 2.23. The molecule has 2 rings (SSSR count). The average Bonchev–Trinajstić information content (AvgIpc) is 2.61. The molecule has 2 N–H and O–H groups in total. The van der Waals surface area contributed by atoms with Crippen LogP contribution in [-0.4, -0.2) is 53.7 Å². The fourth-order valence-corrected chi connectivity index (χ4v) is 4.70. The van der Waals surface area contributed by atoms with Crippen molar-refractivity contribution in [3.63, 3.8) is 0 Å². The summed E-state index contributed by atoms with van der Waals surface area (Å²) in [4.78, 5) is 12.3. The second-order valence-corrected chi connectivity index (χ2v) is 8.82. The Morgan fingerprint density at radius 1 is 0.963 bits per heavy atom. The molecule has 0 aliphatic heterocycles. The molecule has 1 saturated carbocycles. The lowest BCUT2D eigenvalue weighted by Gasteiger charge is -2.22. The standard InChI is InChI=1S/C18H27O3S.BF4/c19-10-12-22(13-11-20)14-18(21)17-8-6-16(7-9-17)15-4-2-1-3-5-15;2-1(3,4)5/h6-9,15,19-20H,1-5,10-14H2;/q+1;-1. The van der Waals surface area contributed by atoms with Crippen molar-refractivity contribution < 1.29 is 32.3 Å². The van der Waals surface area contributed by atoms with Crippen molar-refractivity contribution >= 4 is 23.9 Å². The van der Waals surface area contributed by atoms with Crippen LogP contribution >= 0.6 is 0 Å². The SMILES string of the molecule is F[B-](F)(F)F.O=C(C[S+](CCO)CCO)c1ccc(C2CCCCC2)cc1. The van der Waals surface area contributed by atoms with E-state index in [1.807, 2.05) is 12.1 Å². The Hall–Kier alpha value is -1.06. The Morgan fingerprint density at radius 3 is 1.89 bits per heavy atom. The summed E-state index contributed by atoms with van der Waals surface area (Å²) in [5.74, 6) is 2.43. The summed E-state index contributed by atoms with van der Waals surface area (Å²) in [6.07, 6.45) is 6.52. The molecule has 154 valence electrons. The van der Waals surface area contributed by atoms with Crippen molar-refractivity contribution in [3.8, 4) is 0 Å². The van der Waals surface area contributed by atoms with Gasteiger partial charge in [-0.25, -0.2) is 0 Å². The van der Waals surface area contributed by atoms with Crippen molar-refractivity contribution in [2.75, 3.05) is 30.5 Å². The van der Waals surface area contributed by atoms with Crippen LogP contribution in [0.4, 0.5) is 17.3 Å². The molecule has 1 aliphatic carbocycles. The maximum Gasteiger partial charge on any atom is 0.673 e. The quantitative estimate of drug-likeness (QED) is 0.297. The smallest absolute Gasteiger partial charge is 0.418 e. The number of rotatable bonds is 8. The van der Waals surface area contributed by atoms with E-state index in [-0.39, 0.29) is 29.9 Å². The van der Waals surface area contributed by atoms with E-state index in [9.17, 15) is 22.1 Å². The first-order chi connectivity index (χ1) is 12.7. The number of hydrogen-bond donors (Lipinski definition) is 2. The van der Waals surface area contributed by atoms with E-state index >= 15 is 0 Å². The third-order valence-corrected chi connectivity index (χ3v) is 6.59. The van der Waals surface area contributed by atoms with Crippen LogP contribution in [0.5, 0.6) is 0 Å². The average molecular weight is 410 g/mol. The minimum atomic E-state index is -6.00. The molecule has 0 unspecified atom stereocenters. The van der Waals surface area contributed by atoms with Gasteiger partial charge in [0.1, 0.15) is 11.5 Å². The van der Waals surface area contributed by atoms with E-state index in [4.69, 9.17) is 10.2 Å². The molecule has 1 aromatic carbocycles. The summed E-state index contributed by atoms with van der Waals surface area (Å²) in [5.41, 5.74) is 2.12. The lowest BCUT2D eigenvalue weighted by Crippen LogP contribution is -2.25. The Bertz CT molecular complexity index is 537. The molecular weight excluding hydrogens is 383 g/mol. The summed E-state index contributed by atoms with van der Waals surface area (Å²) in [5, 5.41) is 18.1. The van der Waals surface area contributed by atoms with Gasteiger partial charge in [-0.15, -0.1) is 0 Å². The fourth-order valence-electron chi connectivity index (χ4n) is 3.15. The number of carbonyl (C=O) groups is 1. The molecule has 0 amide bonds. The van der Waals surface area contributed by atoms with Gasteiger partial charge in [0.2, 0.25) is 5.78 Å². The fraction of sp³-hybridized carbons (Fsp3) is 0.611. The van der Waals surface area contributed by atoms with Gasteiger partial charge in [-0.1, -0.05) is 43.5 Å². The van der Waals surface area contributed by atoms with Gasteiger partial charge in [-0.2, -0.15) is 0 Å². The zero-order chi connectivity index (χ0) is 20.3. The van der Waals surface area contributed by atoms with Crippen LogP contribution in [0.15, 0.2) is 24.3 Å². The highest BCUT2D eigenvalue weighted by atomic mass is 32.2. The molecule has 0 bridgehead atoms. The lowest BCUT2D eigenvalue weighted by atomic mass is 9.84. The Balaban J connectivity index is 0.000000646. The van der Waals surface area contributed by atoms with Gasteiger partial charge in [0.05, 0.1) is 13.2 Å². The zero-order valence-corrected chi connectivity index (χ0v) is 16.1. The van der Waals surface area contributed by atoms with Crippen LogP contribution in [-0.2, 0) is 10.9 Å². The zero-order valence-electron chi connectivity index (χ0n) is 15.3. The third kappa shape index (κ3) is 10.8. The monoisotopic (exact) mass is 410 g/mol. The second-order valence-electron chi connectivity index (χ2n) is 6.49. The van der Waals surface area contributed by atoms with Gasteiger partial charge in [0.25, 0.3) is 0 Å². The molecule has 1 aliphatic rings. The van der Waals surface area contributed by atoms with Crippen LogP contribution in [0.3, 0.4) is 0 Å². The minimum Gasteiger partial charge on any atom is -0.418 e. The van der Waals surface area contributed by atoms with Gasteiger partial charge in [0, 0.05) is 16.5 Å². The molecule has 0 spiro atoms. The van der Waals surface area contributed by atoms with Gasteiger partial charge in [0.15, 0.2) is 5.75 Å². The molecule has 3 nitrogen and oxygen atoms in total. The number of aliphatic hydroxyl groups is 2. The number of halogens is 4. The predicted molar refractivity (Wildman–Crippen MR) is 103 cm³/mol. The van der Waals surface area contributed by atoms with Gasteiger partial charge in [-0.05, 0) is 24.3 Å². The number of benzene rings is 1. The highest BCUT2D eigenvalue weighted by Crippen LogP contribution is 2.32. The molecule has 1 aromatic rings. The van der Waals surface area contributed by atoms with E-state index in [1.165, 1.54) is 37.7 Å². The number of aliphatic hydroxyl groups excluding tert-OH is 2. The van der Waals surface area contributed by atoms with E-state index in [0.717, 1.165) is 5.56 Å². The largest absolute Gasteiger partial charge is 0.673 e. The van der Waals surface area contributed by atoms with E-state index < -0.39 is 7.25 Å². The maximum absolute atomic E-state index is 12.3. The van der Waals surface area contributed by atoms with Crippen molar-refractivity contribution in [1.29, 1.82) is 0 Å². The molecule has 27 heavy (non-hydrogen) atoms. The first-order valence-corrected chi connectivity index (χ1v) is 10.8. The van der Waals surface area contributed by atoms with Crippen molar-refractivity contribution in [1.82, 2.24) is 0 Å². The summed E-state index contributed by atoms with van der Waals surface area (Å²) >= 11 is 0. The number of hydrogen-bond acceptors (Lipinski definition) is 3. The number of carbonyl (C=O) groups excluding carboxylic acids is 1. The first kappa shape index (κ1) is 24.0. The molecule has 1 fully saturated rings. The van der Waals surface area contributed by atoms with Crippen LogP contribution in [0, 0.1) is 0 Å². The molecule has 0 atom stereocenters. The van der Waals surface area contributed by atoms with Crippen molar-refractivity contribution in [2.24, 2.45) is 0 Å². The summed E-state index contributed by atoms with van der Waals surface area (Å²) in [6, 6.07) is 8.12. The molecule has 0 saturated heterocycles. The summed E-state index contributed by atoms with van der Waals surface area (Å²) in [7, 11) is -6.21. The van der Waals surface area contributed by atoms with E-state index in [1.54, 1.807) is 0 Å². The summed E-state index contributed by atoms with van der Waals surface area (Å²) < 4.78 is 39.0. The van der Waals surface area contributed by atoms with Gasteiger partial charge in [-0.3, -0.25) is 4.79 Å². The van der Waals surface area contributed by atoms with E-state index in [0.29, 0.717) is 23.2 Å². The third-order valence-electron chi connectivity index (χ3n) is 4.40. The van der Waals surface area contributed by atoms with Crippen LogP contribution in [0.2, 0.25) is 0 Å². The normalized spacial score (nSPS) is 15.4. The Morgan fingerprint density at radius 2 is 1.44 bits per heavy atom. The minimum absolute atomic E-state index is 0.0804. The molecular formula is C18H27BF4O3S. The Kier molecular flexibility index (Phi) is 11.0. The topological polar surface area (TPSA) is 57.5 Å². The second kappa shape index (κ2) is 12.4. The van der Waals surface area contributed by atoms with Crippen LogP contribution in [0.25, 0.3) is 0 Å². The van der Waals surface area contributed by atoms with Gasteiger partial charge >= 0.3 is 7.25 Å². The molecule has 9 heteroatoms. The highest BCUT2D eigenvalue weighted by molar-refractivity contribution is 7.97. The van der Waals surface area contributed by atoms with Crippen LogP contribution < -0.4 is 0 Å². The first-order valence-electron chi connectivity index (χ1n) is 9.11. The van der Waals surface area contributed by atoms with E-state index in [2.05, 4.69) is 12.1 Å². The molecule has 0 aromatic heterocycles. The Labute approximate surface area is 160 Å². The summed E-state index contributed by atoms with van der Waals surface area (Å²) in [6.45, 7) is 0.161. The van der Waals surface area contributed by atoms with Gasteiger partial charge < -0.3 is 27.5 Å². The maximum atomic E-state index is 12.3. The van der Waals surface area contributed by atoms with Crippen molar-refractivity contribution in [2.45, 2.75) is 38.0 Å². The number of ketones is 1. The van der Waals surface area contributed by atoms with Crippen molar-refractivity contribution in [3.05, 3.63) is 35.4 Å². The number of Topliss-reactive ketones (excluding diaryl/α,β-unsaturated/α-hetero) is 1. The predicted octanol–water partition coefficient (Wildman–Crippen LogP) is 3.82. The lowest BCUT2D eigenvalue weighted by molar-refractivity contribution is 0.102. The molecule has 0 radical (unpaired) electrons.